The van der Waals surface area contributed by atoms with Gasteiger partial charge in [-0.05, 0) is 30.2 Å². The monoisotopic (exact) mass is 253 g/mol. The van der Waals surface area contributed by atoms with Gasteiger partial charge in [-0.25, -0.2) is 0 Å². The maximum Gasteiger partial charge on any atom is 0.0420 e. The van der Waals surface area contributed by atoms with Crippen molar-refractivity contribution in [3.05, 3.63) is 29.6 Å². The molecule has 1 heterocycles. The van der Waals surface area contributed by atoms with Crippen LogP contribution in [0.5, 0.6) is 0 Å². The summed E-state index contributed by atoms with van der Waals surface area (Å²) in [5, 5.41) is 0. The van der Waals surface area contributed by atoms with Gasteiger partial charge < -0.3 is 0 Å². The highest BCUT2D eigenvalue weighted by molar-refractivity contribution is 7.99. The van der Waals surface area contributed by atoms with Crippen LogP contribution in [0.25, 0.3) is 0 Å². The quantitative estimate of drug-likeness (QED) is 0.423. The summed E-state index contributed by atoms with van der Waals surface area (Å²) in [5.41, 5.74) is 5.27. The Hall–Kier alpha value is -0.580. The van der Waals surface area contributed by atoms with Gasteiger partial charge in [-0.3, -0.25) is 16.3 Å². The lowest BCUT2D eigenvalue weighted by Gasteiger charge is -2.14. The number of hydrogen-bond donors (Lipinski definition) is 2. The Morgan fingerprint density at radius 2 is 2.24 bits per heavy atom. The second-order valence-electron chi connectivity index (χ2n) is 4.15. The van der Waals surface area contributed by atoms with Crippen LogP contribution in [-0.4, -0.2) is 22.5 Å². The molecule has 1 atom stereocenters. The molecule has 0 aliphatic heterocycles. The van der Waals surface area contributed by atoms with Crippen molar-refractivity contribution in [1.29, 1.82) is 0 Å². The third-order valence-corrected chi connectivity index (χ3v) is 3.99. The van der Waals surface area contributed by atoms with Crippen molar-refractivity contribution >= 4 is 11.8 Å². The first-order valence-electron chi connectivity index (χ1n) is 6.27. The smallest absolute Gasteiger partial charge is 0.0420 e. The molecule has 0 aliphatic carbocycles. The Labute approximate surface area is 109 Å². The second kappa shape index (κ2) is 8.50. The van der Waals surface area contributed by atoms with Crippen LogP contribution in [0.2, 0.25) is 0 Å². The number of hydrogen-bond acceptors (Lipinski definition) is 4. The van der Waals surface area contributed by atoms with Crippen LogP contribution in [0, 0.1) is 0 Å². The Kier molecular flexibility index (Phi) is 7.24. The topological polar surface area (TPSA) is 50.9 Å². The normalized spacial score (nSPS) is 12.6. The van der Waals surface area contributed by atoms with Crippen molar-refractivity contribution in [2.45, 2.75) is 39.2 Å². The lowest BCUT2D eigenvalue weighted by atomic mass is 10.1. The zero-order chi connectivity index (χ0) is 12.5. The van der Waals surface area contributed by atoms with Crippen LogP contribution < -0.4 is 11.3 Å². The van der Waals surface area contributed by atoms with Gasteiger partial charge >= 0.3 is 0 Å². The van der Waals surface area contributed by atoms with Gasteiger partial charge in [0.2, 0.25) is 0 Å². The largest absolute Gasteiger partial charge is 0.271 e. The molecule has 96 valence electrons. The van der Waals surface area contributed by atoms with Gasteiger partial charge in [-0.15, -0.1) is 0 Å². The summed E-state index contributed by atoms with van der Waals surface area (Å²) in [5.74, 6) is 7.81. The van der Waals surface area contributed by atoms with E-state index in [2.05, 4.69) is 36.4 Å². The number of hydrazine groups is 1. The number of aryl methyl sites for hydroxylation is 1. The number of nitrogens with one attached hydrogen (secondary N) is 1. The number of rotatable bonds is 8. The number of pyridine rings is 1. The third-order valence-electron chi connectivity index (χ3n) is 2.65. The van der Waals surface area contributed by atoms with E-state index >= 15 is 0 Å². The maximum absolute atomic E-state index is 5.57. The summed E-state index contributed by atoms with van der Waals surface area (Å²) < 4.78 is 0. The minimum absolute atomic E-state index is 0.312. The van der Waals surface area contributed by atoms with E-state index in [1.54, 1.807) is 0 Å². The van der Waals surface area contributed by atoms with Gasteiger partial charge in [-0.2, -0.15) is 11.8 Å². The molecule has 4 heteroatoms. The SMILES string of the molecule is CCCSCC(Cc1ccc(CC)cn1)NN. The molecule has 17 heavy (non-hydrogen) atoms. The maximum atomic E-state index is 5.57. The first-order chi connectivity index (χ1) is 8.30. The Bertz CT molecular complexity index is 300. The lowest BCUT2D eigenvalue weighted by Crippen LogP contribution is -2.39. The van der Waals surface area contributed by atoms with E-state index < -0.39 is 0 Å². The van der Waals surface area contributed by atoms with E-state index in [9.17, 15) is 0 Å². The molecule has 1 rings (SSSR count). The van der Waals surface area contributed by atoms with Gasteiger partial charge in [0, 0.05) is 30.1 Å². The zero-order valence-corrected chi connectivity index (χ0v) is 11.6. The summed E-state index contributed by atoms with van der Waals surface area (Å²) in [6, 6.07) is 4.56. The molecular formula is C13H23N3S. The van der Waals surface area contributed by atoms with Crippen molar-refractivity contribution in [2.24, 2.45) is 5.84 Å². The van der Waals surface area contributed by atoms with Gasteiger partial charge in [-0.1, -0.05) is 19.9 Å². The van der Waals surface area contributed by atoms with Gasteiger partial charge in [0.15, 0.2) is 0 Å². The van der Waals surface area contributed by atoms with Crippen LogP contribution in [0.3, 0.4) is 0 Å². The predicted octanol–water partition coefficient (Wildman–Crippen LogP) is 2.16. The van der Waals surface area contributed by atoms with E-state index in [4.69, 9.17) is 5.84 Å². The van der Waals surface area contributed by atoms with Crippen molar-refractivity contribution in [2.75, 3.05) is 11.5 Å². The number of nitrogens with two attached hydrogens (primary N) is 1. The van der Waals surface area contributed by atoms with E-state index in [-0.39, 0.29) is 0 Å². The highest BCUT2D eigenvalue weighted by atomic mass is 32.2. The molecule has 1 unspecified atom stereocenters. The van der Waals surface area contributed by atoms with Crippen molar-refractivity contribution in [1.82, 2.24) is 10.4 Å². The Morgan fingerprint density at radius 3 is 2.76 bits per heavy atom. The first kappa shape index (κ1) is 14.5. The fourth-order valence-corrected chi connectivity index (χ4v) is 2.53. The predicted molar refractivity (Wildman–Crippen MR) is 76.0 cm³/mol. The molecule has 3 N–H and O–H groups in total. The summed E-state index contributed by atoms with van der Waals surface area (Å²) >= 11 is 1.94. The Morgan fingerprint density at radius 1 is 1.41 bits per heavy atom. The molecule has 0 saturated heterocycles. The summed E-state index contributed by atoms with van der Waals surface area (Å²) in [4.78, 5) is 4.46. The third kappa shape index (κ3) is 5.52. The summed E-state index contributed by atoms with van der Waals surface area (Å²) in [7, 11) is 0. The fraction of sp³-hybridized carbons (Fsp3) is 0.615. The second-order valence-corrected chi connectivity index (χ2v) is 5.30. The molecule has 0 bridgehead atoms. The lowest BCUT2D eigenvalue weighted by molar-refractivity contribution is 0.569. The fourth-order valence-electron chi connectivity index (χ4n) is 1.57. The standard InChI is InChI=1S/C13H23N3S/c1-3-7-17-10-13(16-14)8-12-6-5-11(4-2)9-15-12/h5-6,9,13,16H,3-4,7-8,10,14H2,1-2H3. The molecule has 0 amide bonds. The van der Waals surface area contributed by atoms with Crippen LogP contribution >= 0.6 is 11.8 Å². The molecule has 3 nitrogen and oxygen atoms in total. The molecule has 0 spiro atoms. The average molecular weight is 253 g/mol. The van der Waals surface area contributed by atoms with Crippen LogP contribution in [0.4, 0.5) is 0 Å². The van der Waals surface area contributed by atoms with Crippen LogP contribution in [0.15, 0.2) is 18.3 Å². The number of nitrogens with zero attached hydrogens (tertiary/aromatic N) is 1. The number of aromatic nitrogens is 1. The minimum atomic E-state index is 0.312. The van der Waals surface area contributed by atoms with Gasteiger partial charge in [0.1, 0.15) is 0 Å². The first-order valence-corrected chi connectivity index (χ1v) is 7.43. The Balaban J connectivity index is 2.43. The molecule has 1 aromatic heterocycles. The minimum Gasteiger partial charge on any atom is -0.271 e. The van der Waals surface area contributed by atoms with Crippen molar-refractivity contribution < 1.29 is 0 Å². The highest BCUT2D eigenvalue weighted by Crippen LogP contribution is 2.09. The summed E-state index contributed by atoms with van der Waals surface area (Å²) in [6.45, 7) is 4.34. The molecule has 0 radical (unpaired) electrons. The zero-order valence-electron chi connectivity index (χ0n) is 10.8. The molecular weight excluding hydrogens is 230 g/mol. The van der Waals surface area contributed by atoms with Crippen LogP contribution in [0.1, 0.15) is 31.5 Å². The van der Waals surface area contributed by atoms with Crippen molar-refractivity contribution in [3.63, 3.8) is 0 Å². The summed E-state index contributed by atoms with van der Waals surface area (Å²) in [6.07, 6.45) is 5.11. The number of thioether (sulfide) groups is 1. The molecule has 0 fully saturated rings. The average Bonchev–Trinajstić information content (AvgIpc) is 2.38. The van der Waals surface area contributed by atoms with Crippen molar-refractivity contribution in [3.8, 4) is 0 Å². The van der Waals surface area contributed by atoms with E-state index in [0.717, 1.165) is 24.3 Å². The van der Waals surface area contributed by atoms with Crippen LogP contribution in [-0.2, 0) is 12.8 Å². The van der Waals surface area contributed by atoms with Gasteiger partial charge in [0.05, 0.1) is 0 Å². The molecule has 0 aromatic carbocycles. The molecule has 1 aromatic rings. The van der Waals surface area contributed by atoms with Gasteiger partial charge in [0.25, 0.3) is 0 Å². The highest BCUT2D eigenvalue weighted by Gasteiger charge is 2.08. The molecule has 0 saturated carbocycles. The van der Waals surface area contributed by atoms with E-state index in [1.807, 2.05) is 18.0 Å². The molecule has 0 aliphatic rings. The van der Waals surface area contributed by atoms with E-state index in [0.29, 0.717) is 6.04 Å². The van der Waals surface area contributed by atoms with E-state index in [1.165, 1.54) is 17.7 Å².